The molecular weight excluding hydrogens is 338 g/mol. The first-order valence-electron chi connectivity index (χ1n) is 9.69. The van der Waals surface area contributed by atoms with Crippen LogP contribution in [0.1, 0.15) is 43.7 Å². The van der Waals surface area contributed by atoms with Gasteiger partial charge in [-0.15, -0.1) is 0 Å². The molecule has 0 aliphatic rings. The molecule has 0 spiro atoms. The number of benzene rings is 2. The van der Waals surface area contributed by atoms with Crippen LogP contribution in [0, 0.1) is 0 Å². The Hall–Kier alpha value is -2.62. The third kappa shape index (κ3) is 9.04. The highest BCUT2D eigenvalue weighted by Crippen LogP contribution is 2.08. The highest BCUT2D eigenvalue weighted by Gasteiger charge is 2.10. The summed E-state index contributed by atoms with van der Waals surface area (Å²) in [5.41, 5.74) is 2.41. The fraction of sp³-hybridized carbons (Fsp3) is 0.391. The van der Waals surface area contributed by atoms with Gasteiger partial charge < -0.3 is 14.3 Å². The Morgan fingerprint density at radius 3 is 2.15 bits per heavy atom. The summed E-state index contributed by atoms with van der Waals surface area (Å²) in [5, 5.41) is 0. The van der Waals surface area contributed by atoms with Crippen molar-refractivity contribution in [3.63, 3.8) is 0 Å². The molecule has 0 aliphatic heterocycles. The topological polar surface area (TPSA) is 52.2 Å². The summed E-state index contributed by atoms with van der Waals surface area (Å²) in [5.74, 6) is 0.899. The van der Waals surface area contributed by atoms with E-state index in [0.717, 1.165) is 37.1 Å². The van der Waals surface area contributed by atoms with Crippen LogP contribution in [-0.2, 0) is 22.5 Å². The first-order valence-corrected chi connectivity index (χ1v) is 9.69. The molecule has 144 valence electrons. The quantitative estimate of drug-likeness (QED) is 0.185. The van der Waals surface area contributed by atoms with Crippen LogP contribution in [0.3, 0.4) is 0 Å². The van der Waals surface area contributed by atoms with Gasteiger partial charge in [-0.1, -0.05) is 60.7 Å². The summed E-state index contributed by atoms with van der Waals surface area (Å²) in [6.07, 6.45) is 3.97. The molecule has 27 heavy (non-hydrogen) atoms. The van der Waals surface area contributed by atoms with Gasteiger partial charge in [-0.25, -0.2) is 0 Å². The normalized spacial score (nSPS) is 11.2. The molecule has 0 atom stereocenters. The highest BCUT2D eigenvalue weighted by atomic mass is 16.5. The lowest BCUT2D eigenvalue weighted by Crippen LogP contribution is -2.08. The van der Waals surface area contributed by atoms with E-state index in [1.54, 1.807) is 0 Å². The van der Waals surface area contributed by atoms with Crippen molar-refractivity contribution in [3.8, 4) is 0 Å². The number of ether oxygens (including phenoxy) is 2. The van der Waals surface area contributed by atoms with Crippen molar-refractivity contribution in [1.82, 2.24) is 0 Å². The Labute approximate surface area is 162 Å². The van der Waals surface area contributed by atoms with Gasteiger partial charge in [0, 0.05) is 13.0 Å². The van der Waals surface area contributed by atoms with Crippen LogP contribution in [0.2, 0.25) is 0 Å². The number of aliphatic imine (C=N–C) groups is 1. The number of rotatable bonds is 11. The molecule has 0 saturated carbocycles. The average Bonchev–Trinajstić information content (AvgIpc) is 2.70. The zero-order valence-electron chi connectivity index (χ0n) is 16.1. The molecule has 1 N–H and O–H groups in total. The summed E-state index contributed by atoms with van der Waals surface area (Å²) in [6.45, 7) is 3.61. The molecule has 2 aromatic rings. The molecule has 0 heterocycles. The van der Waals surface area contributed by atoms with E-state index in [1.807, 2.05) is 43.3 Å². The molecule has 0 unspecified atom stereocenters. The number of unbranched alkanes of at least 4 members (excludes halogenated alkanes) is 1. The van der Waals surface area contributed by atoms with Crippen molar-refractivity contribution < 1.29 is 14.3 Å². The number of hydrogen-bond donors (Lipinski definition) is 0. The van der Waals surface area contributed by atoms with Gasteiger partial charge >= 0.3 is 5.97 Å². The fourth-order valence-electron chi connectivity index (χ4n) is 2.68. The Morgan fingerprint density at radius 2 is 1.48 bits per heavy atom. The lowest BCUT2D eigenvalue weighted by Gasteiger charge is -2.10. The van der Waals surface area contributed by atoms with E-state index in [-0.39, 0.29) is 5.97 Å². The van der Waals surface area contributed by atoms with Gasteiger partial charge in [0.25, 0.3) is 0 Å². The minimum atomic E-state index is 0.116. The molecular formula is C23H30NO3+. The smallest absolute Gasteiger partial charge is 0.476 e. The summed E-state index contributed by atoms with van der Waals surface area (Å²) in [4.78, 5) is 14.2. The van der Waals surface area contributed by atoms with Crippen LogP contribution in [0.15, 0.2) is 65.7 Å². The lowest BCUT2D eigenvalue weighted by molar-refractivity contribution is 0.275. The maximum absolute atomic E-state index is 9.57. The zero-order chi connectivity index (χ0) is 19.2. The van der Waals surface area contributed by atoms with E-state index < -0.39 is 0 Å². The summed E-state index contributed by atoms with van der Waals surface area (Å²) in [7, 11) is 0. The van der Waals surface area contributed by atoms with Gasteiger partial charge in [-0.05, 0) is 37.3 Å². The van der Waals surface area contributed by atoms with E-state index in [0.29, 0.717) is 26.2 Å². The second-order valence-corrected chi connectivity index (χ2v) is 6.32. The molecule has 0 aromatic heterocycles. The molecule has 2 rings (SSSR count). The highest BCUT2D eigenvalue weighted by molar-refractivity contribution is 5.76. The van der Waals surface area contributed by atoms with E-state index in [2.05, 4.69) is 29.3 Å². The maximum atomic E-state index is 9.57. The Kier molecular flexibility index (Phi) is 9.72. The SMILES string of the molecule is CCOC(=[OH+])CCCCC(=NCCc1ccccc1)OCc1ccccc1. The predicted molar refractivity (Wildman–Crippen MR) is 111 cm³/mol. The fourth-order valence-corrected chi connectivity index (χ4v) is 2.68. The number of esters is 1. The van der Waals surface area contributed by atoms with E-state index >= 15 is 0 Å². The maximum Gasteiger partial charge on any atom is 0.482 e. The second-order valence-electron chi connectivity index (χ2n) is 6.32. The first-order chi connectivity index (χ1) is 13.3. The van der Waals surface area contributed by atoms with Crippen molar-refractivity contribution >= 4 is 11.9 Å². The van der Waals surface area contributed by atoms with Crippen LogP contribution in [-0.4, -0.2) is 29.8 Å². The van der Waals surface area contributed by atoms with Gasteiger partial charge in [-0.3, -0.25) is 4.99 Å². The minimum Gasteiger partial charge on any atom is -0.476 e. The number of nitrogens with zero attached hydrogens (tertiary/aromatic N) is 1. The molecule has 0 bridgehead atoms. The first kappa shape index (κ1) is 20.7. The van der Waals surface area contributed by atoms with Crippen molar-refractivity contribution in [2.24, 2.45) is 4.99 Å². The Balaban J connectivity index is 1.82. The summed E-state index contributed by atoms with van der Waals surface area (Å²) < 4.78 is 11.0. The van der Waals surface area contributed by atoms with Crippen molar-refractivity contribution in [2.45, 2.75) is 45.6 Å². The largest absolute Gasteiger partial charge is 0.482 e. The second kappa shape index (κ2) is 12.7. The van der Waals surface area contributed by atoms with Gasteiger partial charge in [0.15, 0.2) is 12.5 Å². The third-order valence-corrected chi connectivity index (χ3v) is 4.12. The molecule has 0 radical (unpaired) electrons. The van der Waals surface area contributed by atoms with Crippen LogP contribution < -0.4 is 0 Å². The van der Waals surface area contributed by atoms with E-state index in [1.165, 1.54) is 5.56 Å². The van der Waals surface area contributed by atoms with Crippen molar-refractivity contribution in [3.05, 3.63) is 71.8 Å². The average molecular weight is 368 g/mol. The predicted octanol–water partition coefficient (Wildman–Crippen LogP) is 4.94. The van der Waals surface area contributed by atoms with Gasteiger partial charge in [-0.2, -0.15) is 0 Å². The van der Waals surface area contributed by atoms with Crippen LogP contribution in [0.5, 0.6) is 0 Å². The molecule has 0 aliphatic carbocycles. The minimum absolute atomic E-state index is 0.116. The zero-order valence-corrected chi connectivity index (χ0v) is 16.1. The van der Waals surface area contributed by atoms with Gasteiger partial charge in [0.2, 0.25) is 0 Å². The van der Waals surface area contributed by atoms with Crippen molar-refractivity contribution in [1.29, 1.82) is 0 Å². The molecule has 4 heteroatoms. The van der Waals surface area contributed by atoms with Crippen LogP contribution in [0.4, 0.5) is 0 Å². The standard InChI is InChI=1S/C23H29NO3/c1-2-26-23(25)16-10-9-15-22(27-19-21-13-7-4-8-14-21)24-18-17-20-11-5-3-6-12-20/h3-8,11-14H,2,9-10,15-19H2,1H3/p+1. The third-order valence-electron chi connectivity index (χ3n) is 4.12. The number of hydrogen-bond acceptors (Lipinski definition) is 3. The molecule has 4 nitrogen and oxygen atoms in total. The molecule has 0 saturated heterocycles. The molecule has 2 aromatic carbocycles. The lowest BCUT2D eigenvalue weighted by atomic mass is 10.1. The number of carbonyl (C=O) groups excluding carboxylic acids is 1. The van der Waals surface area contributed by atoms with E-state index in [9.17, 15) is 4.79 Å². The van der Waals surface area contributed by atoms with Gasteiger partial charge in [0.1, 0.15) is 13.0 Å². The Morgan fingerprint density at radius 1 is 0.852 bits per heavy atom. The molecule has 0 amide bonds. The summed E-state index contributed by atoms with van der Waals surface area (Å²) in [6, 6.07) is 20.5. The summed E-state index contributed by atoms with van der Waals surface area (Å²) >= 11 is 0. The van der Waals surface area contributed by atoms with Crippen molar-refractivity contribution in [2.75, 3.05) is 13.2 Å². The van der Waals surface area contributed by atoms with Crippen LogP contribution in [0.25, 0.3) is 0 Å². The van der Waals surface area contributed by atoms with Crippen LogP contribution >= 0.6 is 0 Å². The van der Waals surface area contributed by atoms with E-state index in [4.69, 9.17) is 9.47 Å². The Bertz CT molecular complexity index is 683. The van der Waals surface area contributed by atoms with Gasteiger partial charge in [0.05, 0.1) is 0 Å². The monoisotopic (exact) mass is 368 g/mol. The molecule has 0 fully saturated rings.